The Morgan fingerprint density at radius 3 is 2.84 bits per heavy atom. The second kappa shape index (κ2) is 6.71. The first-order chi connectivity index (χ1) is 9.24. The summed E-state index contributed by atoms with van der Waals surface area (Å²) in [5.74, 6) is 0.265. The van der Waals surface area contributed by atoms with Crippen LogP contribution in [0.2, 0.25) is 0 Å². The van der Waals surface area contributed by atoms with Crippen LogP contribution in [-0.2, 0) is 4.79 Å². The van der Waals surface area contributed by atoms with Gasteiger partial charge >= 0.3 is 0 Å². The zero-order valence-corrected chi connectivity index (χ0v) is 12.0. The molecule has 0 saturated carbocycles. The molecule has 2 rings (SSSR count). The lowest BCUT2D eigenvalue weighted by Crippen LogP contribution is -2.36. The Bertz CT molecular complexity index is 431. The molecule has 3 heteroatoms. The molecule has 1 amide bonds. The van der Waals surface area contributed by atoms with Gasteiger partial charge in [-0.2, -0.15) is 0 Å². The minimum atomic E-state index is 0.265. The topological polar surface area (TPSA) is 32.3 Å². The summed E-state index contributed by atoms with van der Waals surface area (Å²) < 4.78 is 0. The van der Waals surface area contributed by atoms with Gasteiger partial charge in [-0.25, -0.2) is 0 Å². The molecule has 3 nitrogen and oxygen atoms in total. The molecular weight excluding hydrogens is 236 g/mol. The van der Waals surface area contributed by atoms with Crippen molar-refractivity contribution in [3.05, 3.63) is 29.8 Å². The molecule has 1 saturated heterocycles. The summed E-state index contributed by atoms with van der Waals surface area (Å²) in [6, 6.07) is 8.56. The predicted octanol–water partition coefficient (Wildman–Crippen LogP) is 3.26. The van der Waals surface area contributed by atoms with Crippen LogP contribution in [0.1, 0.15) is 51.1 Å². The van der Waals surface area contributed by atoms with Crippen LogP contribution in [-0.4, -0.2) is 19.0 Å². The van der Waals surface area contributed by atoms with Gasteiger partial charge < -0.3 is 10.2 Å². The van der Waals surface area contributed by atoms with Gasteiger partial charge in [0.05, 0.1) is 0 Å². The lowest BCUT2D eigenvalue weighted by Gasteiger charge is -2.30. The van der Waals surface area contributed by atoms with Crippen LogP contribution in [0.25, 0.3) is 0 Å². The van der Waals surface area contributed by atoms with E-state index in [2.05, 4.69) is 37.4 Å². The van der Waals surface area contributed by atoms with Crippen molar-refractivity contribution >= 4 is 11.6 Å². The van der Waals surface area contributed by atoms with E-state index >= 15 is 0 Å². The van der Waals surface area contributed by atoms with Gasteiger partial charge in [-0.3, -0.25) is 4.79 Å². The Morgan fingerprint density at radius 1 is 1.32 bits per heavy atom. The van der Waals surface area contributed by atoms with Crippen molar-refractivity contribution in [1.29, 1.82) is 0 Å². The largest absolute Gasteiger partial charge is 0.312 e. The molecule has 1 unspecified atom stereocenters. The number of amides is 1. The van der Waals surface area contributed by atoms with E-state index in [-0.39, 0.29) is 11.9 Å². The number of carbonyl (C=O) groups excluding carboxylic acids is 1. The molecule has 1 atom stereocenters. The van der Waals surface area contributed by atoms with Gasteiger partial charge in [0.2, 0.25) is 5.91 Å². The number of nitrogens with zero attached hydrogens (tertiary/aromatic N) is 1. The molecule has 1 aromatic carbocycles. The van der Waals surface area contributed by atoms with Crippen molar-refractivity contribution in [2.24, 2.45) is 0 Å². The number of piperidine rings is 1. The van der Waals surface area contributed by atoms with E-state index in [9.17, 15) is 4.79 Å². The summed E-state index contributed by atoms with van der Waals surface area (Å²) in [6.07, 6.45) is 3.94. The van der Waals surface area contributed by atoms with Crippen molar-refractivity contribution in [1.82, 2.24) is 5.32 Å². The molecule has 0 spiro atoms. The minimum absolute atomic E-state index is 0.265. The Hall–Kier alpha value is -1.35. The van der Waals surface area contributed by atoms with Crippen LogP contribution in [0, 0.1) is 0 Å². The van der Waals surface area contributed by atoms with Crippen LogP contribution >= 0.6 is 0 Å². The van der Waals surface area contributed by atoms with E-state index in [1.54, 1.807) is 0 Å². The smallest absolute Gasteiger partial charge is 0.226 e. The third-order valence-electron chi connectivity index (χ3n) is 3.72. The Balaban J connectivity index is 2.22. The van der Waals surface area contributed by atoms with Gasteiger partial charge in [0.25, 0.3) is 0 Å². The first-order valence-electron chi connectivity index (χ1n) is 7.36. The molecule has 104 valence electrons. The number of hydrogen-bond donors (Lipinski definition) is 1. The van der Waals surface area contributed by atoms with Crippen molar-refractivity contribution in [2.75, 3.05) is 18.0 Å². The molecular formula is C16H24N2O. The number of rotatable bonds is 5. The average Bonchev–Trinajstić information content (AvgIpc) is 2.45. The van der Waals surface area contributed by atoms with Gasteiger partial charge in [-0.15, -0.1) is 0 Å². The van der Waals surface area contributed by atoms with E-state index in [0.29, 0.717) is 6.42 Å². The van der Waals surface area contributed by atoms with Crippen LogP contribution in [0.3, 0.4) is 0 Å². The van der Waals surface area contributed by atoms with Crippen LogP contribution < -0.4 is 10.2 Å². The molecule has 0 aromatic heterocycles. The minimum Gasteiger partial charge on any atom is -0.312 e. The third kappa shape index (κ3) is 3.35. The number of hydrogen-bond acceptors (Lipinski definition) is 2. The van der Waals surface area contributed by atoms with E-state index in [0.717, 1.165) is 38.0 Å². The molecule has 1 aliphatic rings. The van der Waals surface area contributed by atoms with E-state index in [4.69, 9.17) is 0 Å². The highest BCUT2D eigenvalue weighted by Gasteiger charge is 2.22. The highest BCUT2D eigenvalue weighted by atomic mass is 16.2. The summed E-state index contributed by atoms with van der Waals surface area (Å²) >= 11 is 0. The van der Waals surface area contributed by atoms with Crippen molar-refractivity contribution in [2.45, 2.75) is 45.6 Å². The van der Waals surface area contributed by atoms with Gasteiger partial charge in [0.15, 0.2) is 0 Å². The monoisotopic (exact) mass is 260 g/mol. The lowest BCUT2D eigenvalue weighted by atomic mass is 10.0. The standard InChI is InChI=1S/C16H24N2O/c1-3-11-17-13(2)14-8-4-5-9-15(14)18-12-7-6-10-16(18)19/h4-5,8-9,13,17H,3,6-7,10-12H2,1-2H3. The zero-order chi connectivity index (χ0) is 13.7. The van der Waals surface area contributed by atoms with Crippen molar-refractivity contribution in [3.8, 4) is 0 Å². The SMILES string of the molecule is CCCNC(C)c1ccccc1N1CCCCC1=O. The van der Waals surface area contributed by atoms with Crippen LogP contribution in [0.15, 0.2) is 24.3 Å². The Labute approximate surface area is 116 Å². The lowest BCUT2D eigenvalue weighted by molar-refractivity contribution is -0.119. The first-order valence-corrected chi connectivity index (χ1v) is 7.36. The molecule has 1 aromatic rings. The molecule has 0 aliphatic carbocycles. The zero-order valence-electron chi connectivity index (χ0n) is 12.0. The maximum absolute atomic E-state index is 12.1. The second-order valence-electron chi connectivity index (χ2n) is 5.24. The van der Waals surface area contributed by atoms with E-state index in [1.165, 1.54) is 5.56 Å². The fraction of sp³-hybridized carbons (Fsp3) is 0.562. The fourth-order valence-electron chi connectivity index (χ4n) is 2.63. The number of benzene rings is 1. The van der Waals surface area contributed by atoms with E-state index < -0.39 is 0 Å². The van der Waals surface area contributed by atoms with E-state index in [1.807, 2.05) is 11.0 Å². The molecule has 0 radical (unpaired) electrons. The molecule has 1 fully saturated rings. The fourth-order valence-corrected chi connectivity index (χ4v) is 2.63. The summed E-state index contributed by atoms with van der Waals surface area (Å²) in [6.45, 7) is 6.20. The molecule has 1 aliphatic heterocycles. The first kappa shape index (κ1) is 14.1. The highest BCUT2D eigenvalue weighted by Crippen LogP contribution is 2.29. The quantitative estimate of drug-likeness (QED) is 0.881. The van der Waals surface area contributed by atoms with Gasteiger partial charge in [0, 0.05) is 24.7 Å². The van der Waals surface area contributed by atoms with Crippen LogP contribution in [0.5, 0.6) is 0 Å². The summed E-state index contributed by atoms with van der Waals surface area (Å²) in [7, 11) is 0. The average molecular weight is 260 g/mol. The van der Waals surface area contributed by atoms with Gasteiger partial charge in [0.1, 0.15) is 0 Å². The third-order valence-corrected chi connectivity index (χ3v) is 3.72. The molecule has 0 bridgehead atoms. The molecule has 1 N–H and O–H groups in total. The maximum atomic E-state index is 12.1. The normalized spacial score (nSPS) is 17.6. The number of nitrogens with one attached hydrogen (secondary N) is 1. The van der Waals surface area contributed by atoms with Gasteiger partial charge in [-0.1, -0.05) is 25.1 Å². The summed E-state index contributed by atoms with van der Waals surface area (Å²) in [5, 5.41) is 3.50. The highest BCUT2D eigenvalue weighted by molar-refractivity contribution is 5.94. The van der Waals surface area contributed by atoms with Crippen LogP contribution in [0.4, 0.5) is 5.69 Å². The number of anilines is 1. The molecule has 1 heterocycles. The Morgan fingerprint density at radius 2 is 2.11 bits per heavy atom. The number of para-hydroxylation sites is 1. The Kier molecular flexibility index (Phi) is 4.97. The number of carbonyl (C=O) groups is 1. The predicted molar refractivity (Wildman–Crippen MR) is 79.4 cm³/mol. The summed E-state index contributed by atoms with van der Waals surface area (Å²) in [4.78, 5) is 14.1. The second-order valence-corrected chi connectivity index (χ2v) is 5.24. The molecule has 19 heavy (non-hydrogen) atoms. The summed E-state index contributed by atoms with van der Waals surface area (Å²) in [5.41, 5.74) is 2.31. The van der Waals surface area contributed by atoms with Crippen molar-refractivity contribution in [3.63, 3.8) is 0 Å². The van der Waals surface area contributed by atoms with Crippen molar-refractivity contribution < 1.29 is 4.79 Å². The maximum Gasteiger partial charge on any atom is 0.226 e. The van der Waals surface area contributed by atoms with Gasteiger partial charge in [-0.05, 0) is 44.4 Å².